The lowest BCUT2D eigenvalue weighted by molar-refractivity contribution is 0.307. The van der Waals surface area contributed by atoms with Crippen molar-refractivity contribution in [3.63, 3.8) is 0 Å². The first-order chi connectivity index (χ1) is 11.3. The molecule has 4 rings (SSSR count). The fourth-order valence-corrected chi connectivity index (χ4v) is 3.30. The second-order valence-corrected chi connectivity index (χ2v) is 6.79. The van der Waals surface area contributed by atoms with Crippen LogP contribution in [0.4, 0.5) is 5.69 Å². The standard InChI is InChI=1S/C17H13ClN2O2S/c18-17-20-9-13(23-17)8-19-12-5-6-14-11(7-12)10-21-15-3-1-2-4-16(15)22-14/h1-7,9,19H,8,10H2. The van der Waals surface area contributed by atoms with Gasteiger partial charge in [0.2, 0.25) is 0 Å². The third-order valence-corrected chi connectivity index (χ3v) is 4.62. The normalized spacial score (nSPS) is 12.4. The first-order valence-corrected chi connectivity index (χ1v) is 8.34. The quantitative estimate of drug-likeness (QED) is 0.718. The molecule has 0 bridgehead atoms. The molecular formula is C17H13ClN2O2S. The highest BCUT2D eigenvalue weighted by Crippen LogP contribution is 2.38. The van der Waals surface area contributed by atoms with Crippen molar-refractivity contribution in [1.82, 2.24) is 4.98 Å². The van der Waals surface area contributed by atoms with E-state index in [-0.39, 0.29) is 0 Å². The minimum Gasteiger partial charge on any atom is -0.485 e. The number of rotatable bonds is 3. The predicted molar refractivity (Wildman–Crippen MR) is 91.7 cm³/mol. The number of para-hydroxylation sites is 2. The van der Waals surface area contributed by atoms with Gasteiger partial charge in [-0.05, 0) is 30.3 Å². The predicted octanol–water partition coefficient (Wildman–Crippen LogP) is 5.09. The average Bonchev–Trinajstić information content (AvgIpc) is 2.89. The van der Waals surface area contributed by atoms with E-state index in [2.05, 4.69) is 10.3 Å². The van der Waals surface area contributed by atoms with Crippen LogP contribution in [0.3, 0.4) is 0 Å². The number of halogens is 1. The summed E-state index contributed by atoms with van der Waals surface area (Å²) in [6.45, 7) is 1.17. The van der Waals surface area contributed by atoms with Gasteiger partial charge in [0.15, 0.2) is 16.0 Å². The number of thiazole rings is 1. The molecule has 2 heterocycles. The van der Waals surface area contributed by atoms with Crippen molar-refractivity contribution in [2.75, 3.05) is 5.32 Å². The summed E-state index contributed by atoms with van der Waals surface area (Å²) in [6.07, 6.45) is 1.78. The van der Waals surface area contributed by atoms with Crippen LogP contribution in [-0.2, 0) is 13.2 Å². The van der Waals surface area contributed by atoms with Gasteiger partial charge in [0.05, 0.1) is 6.54 Å². The number of fused-ring (bicyclic) bond motifs is 2. The van der Waals surface area contributed by atoms with Gasteiger partial charge in [-0.3, -0.25) is 0 Å². The summed E-state index contributed by atoms with van der Waals surface area (Å²) in [7, 11) is 0. The Labute approximate surface area is 142 Å². The van der Waals surface area contributed by atoms with Crippen LogP contribution in [0.5, 0.6) is 17.2 Å². The van der Waals surface area contributed by atoms with E-state index in [0.29, 0.717) is 17.6 Å². The molecule has 0 atom stereocenters. The topological polar surface area (TPSA) is 43.4 Å². The number of anilines is 1. The summed E-state index contributed by atoms with van der Waals surface area (Å²) in [5.41, 5.74) is 2.01. The maximum absolute atomic E-state index is 5.95. The Morgan fingerprint density at radius 1 is 1.13 bits per heavy atom. The molecule has 1 aromatic heterocycles. The van der Waals surface area contributed by atoms with E-state index in [1.807, 2.05) is 42.5 Å². The van der Waals surface area contributed by atoms with Crippen LogP contribution in [-0.4, -0.2) is 4.98 Å². The second kappa shape index (κ2) is 6.10. The van der Waals surface area contributed by atoms with Crippen LogP contribution >= 0.6 is 22.9 Å². The third kappa shape index (κ3) is 3.11. The minimum atomic E-state index is 0.480. The Balaban J connectivity index is 1.52. The molecule has 0 amide bonds. The molecule has 0 saturated heterocycles. The zero-order chi connectivity index (χ0) is 15.6. The van der Waals surface area contributed by atoms with E-state index >= 15 is 0 Å². The van der Waals surface area contributed by atoms with E-state index in [9.17, 15) is 0 Å². The SMILES string of the molecule is Clc1ncc(CNc2ccc3c(c2)COc2ccccc2O3)s1. The number of aromatic nitrogens is 1. The summed E-state index contributed by atoms with van der Waals surface area (Å²) in [4.78, 5) is 5.13. The van der Waals surface area contributed by atoms with E-state index < -0.39 is 0 Å². The van der Waals surface area contributed by atoms with Gasteiger partial charge in [0.1, 0.15) is 12.4 Å². The Morgan fingerprint density at radius 3 is 2.83 bits per heavy atom. The van der Waals surface area contributed by atoms with E-state index in [1.165, 1.54) is 11.3 Å². The average molecular weight is 345 g/mol. The largest absolute Gasteiger partial charge is 0.485 e. The Hall–Kier alpha value is -2.24. The van der Waals surface area contributed by atoms with Gasteiger partial charge in [0.25, 0.3) is 0 Å². The minimum absolute atomic E-state index is 0.480. The van der Waals surface area contributed by atoms with Crippen molar-refractivity contribution in [3.05, 3.63) is 63.6 Å². The number of nitrogens with one attached hydrogen (secondary N) is 1. The first kappa shape index (κ1) is 14.4. The molecule has 1 aliphatic rings. The van der Waals surface area contributed by atoms with Crippen LogP contribution < -0.4 is 14.8 Å². The lowest BCUT2D eigenvalue weighted by atomic mass is 10.2. The molecule has 0 unspecified atom stereocenters. The molecule has 0 fully saturated rings. The molecular weight excluding hydrogens is 332 g/mol. The number of hydrogen-bond acceptors (Lipinski definition) is 5. The molecule has 23 heavy (non-hydrogen) atoms. The molecule has 0 radical (unpaired) electrons. The van der Waals surface area contributed by atoms with Crippen molar-refractivity contribution in [2.45, 2.75) is 13.2 Å². The van der Waals surface area contributed by atoms with Gasteiger partial charge in [-0.15, -0.1) is 11.3 Å². The monoisotopic (exact) mass is 344 g/mol. The van der Waals surface area contributed by atoms with Gasteiger partial charge < -0.3 is 14.8 Å². The maximum atomic E-state index is 5.95. The van der Waals surface area contributed by atoms with Crippen molar-refractivity contribution in [1.29, 1.82) is 0 Å². The molecule has 0 spiro atoms. The molecule has 3 aromatic rings. The highest BCUT2D eigenvalue weighted by Gasteiger charge is 2.15. The van der Waals surface area contributed by atoms with Gasteiger partial charge in [0, 0.05) is 22.3 Å². The van der Waals surface area contributed by atoms with Gasteiger partial charge >= 0.3 is 0 Å². The summed E-state index contributed by atoms with van der Waals surface area (Å²) in [6, 6.07) is 13.7. The van der Waals surface area contributed by atoms with E-state index in [0.717, 1.165) is 33.4 Å². The summed E-state index contributed by atoms with van der Waals surface area (Å²) in [5.74, 6) is 2.32. The van der Waals surface area contributed by atoms with Crippen LogP contribution in [0.1, 0.15) is 10.4 Å². The third-order valence-electron chi connectivity index (χ3n) is 3.50. The molecule has 0 saturated carbocycles. The van der Waals surface area contributed by atoms with Crippen molar-refractivity contribution in [3.8, 4) is 17.2 Å². The number of ether oxygens (including phenoxy) is 2. The first-order valence-electron chi connectivity index (χ1n) is 7.14. The molecule has 4 nitrogen and oxygen atoms in total. The smallest absolute Gasteiger partial charge is 0.183 e. The van der Waals surface area contributed by atoms with Gasteiger partial charge in [-0.1, -0.05) is 23.7 Å². The molecule has 0 aliphatic carbocycles. The zero-order valence-corrected chi connectivity index (χ0v) is 13.7. The summed E-state index contributed by atoms with van der Waals surface area (Å²) >= 11 is 7.32. The fourth-order valence-electron chi connectivity index (χ4n) is 2.38. The van der Waals surface area contributed by atoms with E-state index in [1.54, 1.807) is 6.20 Å². The molecule has 116 valence electrons. The maximum Gasteiger partial charge on any atom is 0.183 e. The van der Waals surface area contributed by atoms with Gasteiger partial charge in [-0.2, -0.15) is 0 Å². The lowest BCUT2D eigenvalue weighted by Gasteiger charge is -2.10. The van der Waals surface area contributed by atoms with Crippen LogP contribution in [0, 0.1) is 0 Å². The molecule has 1 aliphatic heterocycles. The summed E-state index contributed by atoms with van der Waals surface area (Å²) in [5, 5.41) is 3.37. The van der Waals surface area contributed by atoms with Crippen LogP contribution in [0.25, 0.3) is 0 Å². The highest BCUT2D eigenvalue weighted by molar-refractivity contribution is 7.15. The molecule has 6 heteroatoms. The second-order valence-electron chi connectivity index (χ2n) is 5.09. The number of nitrogens with zero attached hydrogens (tertiary/aromatic N) is 1. The van der Waals surface area contributed by atoms with Crippen molar-refractivity contribution >= 4 is 28.6 Å². The Morgan fingerprint density at radius 2 is 2.00 bits per heavy atom. The summed E-state index contributed by atoms with van der Waals surface area (Å²) < 4.78 is 12.3. The fraction of sp³-hybridized carbons (Fsp3) is 0.118. The number of benzene rings is 2. The zero-order valence-electron chi connectivity index (χ0n) is 12.1. The number of hydrogen-bond donors (Lipinski definition) is 1. The van der Waals surface area contributed by atoms with Crippen molar-refractivity contribution < 1.29 is 9.47 Å². The van der Waals surface area contributed by atoms with Crippen LogP contribution in [0.15, 0.2) is 48.7 Å². The highest BCUT2D eigenvalue weighted by atomic mass is 35.5. The van der Waals surface area contributed by atoms with Crippen molar-refractivity contribution in [2.24, 2.45) is 0 Å². The Bertz CT molecular complexity index is 850. The molecule has 1 N–H and O–H groups in total. The Kier molecular flexibility index (Phi) is 3.81. The molecule has 2 aromatic carbocycles. The lowest BCUT2D eigenvalue weighted by Crippen LogP contribution is -2.00. The van der Waals surface area contributed by atoms with E-state index in [4.69, 9.17) is 21.1 Å². The van der Waals surface area contributed by atoms with Gasteiger partial charge in [-0.25, -0.2) is 4.98 Å². The van der Waals surface area contributed by atoms with Crippen LogP contribution in [0.2, 0.25) is 4.47 Å².